The maximum absolute atomic E-state index is 10.9. The summed E-state index contributed by atoms with van der Waals surface area (Å²) in [5.74, 6) is -1.10. The highest BCUT2D eigenvalue weighted by Gasteiger charge is 2.27. The minimum Gasteiger partial charge on any atom is -0.480 e. The zero-order chi connectivity index (χ0) is 11.8. The summed E-state index contributed by atoms with van der Waals surface area (Å²) in [6.07, 6.45) is 0.447. The third-order valence-corrected chi connectivity index (χ3v) is 2.18. The number of carboxylic acids is 1. The Morgan fingerprint density at radius 3 is 2.27 bits per heavy atom. The van der Waals surface area contributed by atoms with Gasteiger partial charge in [-0.25, -0.2) is 9.59 Å². The molecule has 0 saturated carbocycles. The molecule has 1 unspecified atom stereocenters. The lowest BCUT2D eigenvalue weighted by molar-refractivity contribution is -0.142. The highest BCUT2D eigenvalue weighted by molar-refractivity contribution is 5.79. The number of aliphatic carboxylic acids is 1. The fourth-order valence-electron chi connectivity index (χ4n) is 1.38. The summed E-state index contributed by atoms with van der Waals surface area (Å²) in [7, 11) is 0. The number of rotatable bonds is 7. The number of carboxylic acid groups (broad SMARTS) is 2. The zero-order valence-electron chi connectivity index (χ0n) is 8.85. The Hall–Kier alpha value is -1.30. The van der Waals surface area contributed by atoms with E-state index in [1.54, 1.807) is 6.92 Å². The Balaban J connectivity index is 4.35. The smallest absolute Gasteiger partial charge is 0.408 e. The van der Waals surface area contributed by atoms with Crippen molar-refractivity contribution in [2.24, 2.45) is 5.73 Å². The second-order valence-electron chi connectivity index (χ2n) is 3.21. The first-order valence-electron chi connectivity index (χ1n) is 4.97. The lowest BCUT2D eigenvalue weighted by Gasteiger charge is -2.24. The summed E-state index contributed by atoms with van der Waals surface area (Å²) in [6, 6.07) is -0.959. The van der Waals surface area contributed by atoms with E-state index in [9.17, 15) is 9.59 Å². The van der Waals surface area contributed by atoms with E-state index in [0.717, 1.165) is 4.90 Å². The van der Waals surface area contributed by atoms with Crippen LogP contribution in [0.5, 0.6) is 0 Å². The van der Waals surface area contributed by atoms with E-state index in [-0.39, 0.29) is 6.54 Å². The molecule has 0 radical (unpaired) electrons. The van der Waals surface area contributed by atoms with Gasteiger partial charge in [-0.2, -0.15) is 0 Å². The number of nitrogens with two attached hydrogens (primary N) is 1. The molecule has 0 aromatic heterocycles. The van der Waals surface area contributed by atoms with Crippen molar-refractivity contribution in [3.05, 3.63) is 0 Å². The number of unbranched alkanes of at least 4 members (excludes halogenated alkanes) is 1. The molecule has 4 N–H and O–H groups in total. The van der Waals surface area contributed by atoms with E-state index in [0.29, 0.717) is 25.8 Å². The maximum atomic E-state index is 10.9. The molecule has 0 aliphatic heterocycles. The minimum atomic E-state index is -1.20. The minimum absolute atomic E-state index is 0.176. The van der Waals surface area contributed by atoms with Crippen molar-refractivity contribution in [2.45, 2.75) is 32.2 Å². The summed E-state index contributed by atoms with van der Waals surface area (Å²) < 4.78 is 0. The molecule has 15 heavy (non-hydrogen) atoms. The molecule has 0 bridgehead atoms. The van der Waals surface area contributed by atoms with Crippen LogP contribution < -0.4 is 5.73 Å². The van der Waals surface area contributed by atoms with E-state index in [4.69, 9.17) is 15.9 Å². The Kier molecular flexibility index (Phi) is 6.44. The number of amides is 1. The SMILES string of the molecule is CCN(C(=O)O)C(CCCCN)C(=O)O. The molecule has 6 heteroatoms. The Morgan fingerprint density at radius 1 is 1.33 bits per heavy atom. The van der Waals surface area contributed by atoms with Gasteiger partial charge in [-0.1, -0.05) is 0 Å². The van der Waals surface area contributed by atoms with Crippen LogP contribution in [0.2, 0.25) is 0 Å². The van der Waals surface area contributed by atoms with Crippen LogP contribution in [0.3, 0.4) is 0 Å². The van der Waals surface area contributed by atoms with Crippen molar-refractivity contribution in [1.82, 2.24) is 4.90 Å². The molecule has 0 saturated heterocycles. The van der Waals surface area contributed by atoms with Gasteiger partial charge < -0.3 is 15.9 Å². The Labute approximate surface area is 88.7 Å². The molecule has 0 aliphatic rings. The van der Waals surface area contributed by atoms with Gasteiger partial charge in [0, 0.05) is 6.54 Å². The highest BCUT2D eigenvalue weighted by Crippen LogP contribution is 2.09. The zero-order valence-corrected chi connectivity index (χ0v) is 8.85. The molecular formula is C9H18N2O4. The van der Waals surface area contributed by atoms with E-state index in [1.807, 2.05) is 0 Å². The molecule has 0 heterocycles. The molecule has 88 valence electrons. The first-order chi connectivity index (χ1) is 7.04. The largest absolute Gasteiger partial charge is 0.480 e. The second-order valence-corrected chi connectivity index (χ2v) is 3.21. The number of hydrogen-bond donors (Lipinski definition) is 3. The predicted molar refractivity (Wildman–Crippen MR) is 54.7 cm³/mol. The van der Waals surface area contributed by atoms with Gasteiger partial charge in [-0.15, -0.1) is 0 Å². The van der Waals surface area contributed by atoms with Crippen molar-refractivity contribution in [2.75, 3.05) is 13.1 Å². The normalized spacial score (nSPS) is 12.1. The summed E-state index contributed by atoms with van der Waals surface area (Å²) in [5, 5.41) is 17.7. The van der Waals surface area contributed by atoms with Gasteiger partial charge in [0.05, 0.1) is 0 Å². The van der Waals surface area contributed by atoms with Crippen molar-refractivity contribution in [3.63, 3.8) is 0 Å². The molecule has 0 spiro atoms. The lowest BCUT2D eigenvalue weighted by Crippen LogP contribution is -2.44. The van der Waals surface area contributed by atoms with Gasteiger partial charge >= 0.3 is 12.1 Å². The second kappa shape index (κ2) is 7.05. The third kappa shape index (κ3) is 4.64. The number of hydrogen-bond acceptors (Lipinski definition) is 3. The topological polar surface area (TPSA) is 104 Å². The molecule has 1 atom stereocenters. The summed E-state index contributed by atoms with van der Waals surface area (Å²) >= 11 is 0. The van der Waals surface area contributed by atoms with E-state index in [2.05, 4.69) is 0 Å². The van der Waals surface area contributed by atoms with Gasteiger partial charge in [0.1, 0.15) is 6.04 Å². The van der Waals surface area contributed by atoms with E-state index in [1.165, 1.54) is 0 Å². The summed E-state index contributed by atoms with van der Waals surface area (Å²) in [6.45, 7) is 2.29. The average molecular weight is 218 g/mol. The van der Waals surface area contributed by atoms with Gasteiger partial charge in [0.15, 0.2) is 0 Å². The van der Waals surface area contributed by atoms with Crippen molar-refractivity contribution in [1.29, 1.82) is 0 Å². The molecule has 6 nitrogen and oxygen atoms in total. The molecule has 0 fully saturated rings. The monoisotopic (exact) mass is 218 g/mol. The first-order valence-corrected chi connectivity index (χ1v) is 4.97. The van der Waals surface area contributed by atoms with Crippen LogP contribution in [0.4, 0.5) is 4.79 Å². The molecule has 0 aromatic rings. The Morgan fingerprint density at radius 2 is 1.93 bits per heavy atom. The Bertz CT molecular complexity index is 220. The molecule has 1 amide bonds. The van der Waals surface area contributed by atoms with Crippen molar-refractivity contribution in [3.8, 4) is 0 Å². The molecule has 0 aliphatic carbocycles. The van der Waals surface area contributed by atoms with Crippen molar-refractivity contribution >= 4 is 12.1 Å². The van der Waals surface area contributed by atoms with E-state index >= 15 is 0 Å². The van der Waals surface area contributed by atoms with Crippen molar-refractivity contribution < 1.29 is 19.8 Å². The maximum Gasteiger partial charge on any atom is 0.408 e. The third-order valence-electron chi connectivity index (χ3n) is 2.18. The highest BCUT2D eigenvalue weighted by atomic mass is 16.4. The fourth-order valence-corrected chi connectivity index (χ4v) is 1.38. The summed E-state index contributed by atoms with van der Waals surface area (Å²) in [4.78, 5) is 22.5. The van der Waals surface area contributed by atoms with Crippen LogP contribution in [0.1, 0.15) is 26.2 Å². The average Bonchev–Trinajstić information content (AvgIpc) is 2.16. The molecular weight excluding hydrogens is 200 g/mol. The van der Waals surface area contributed by atoms with Crippen LogP contribution in [-0.4, -0.2) is 46.3 Å². The quantitative estimate of drug-likeness (QED) is 0.542. The number of carbonyl (C=O) groups is 2. The summed E-state index contributed by atoms with van der Waals surface area (Å²) in [5.41, 5.74) is 5.28. The van der Waals surface area contributed by atoms with Gasteiger partial charge in [-0.3, -0.25) is 4.90 Å². The number of likely N-dealkylation sites (N-methyl/N-ethyl adjacent to an activating group) is 1. The molecule has 0 aromatic carbocycles. The van der Waals surface area contributed by atoms with Crippen LogP contribution in [0, 0.1) is 0 Å². The van der Waals surface area contributed by atoms with Gasteiger partial charge in [0.2, 0.25) is 0 Å². The van der Waals surface area contributed by atoms with Crippen LogP contribution in [0.25, 0.3) is 0 Å². The number of nitrogens with zero attached hydrogens (tertiary/aromatic N) is 1. The first kappa shape index (κ1) is 13.7. The molecule has 0 rings (SSSR count). The van der Waals surface area contributed by atoms with Crippen LogP contribution in [-0.2, 0) is 4.79 Å². The van der Waals surface area contributed by atoms with Gasteiger partial charge in [0.25, 0.3) is 0 Å². The fraction of sp³-hybridized carbons (Fsp3) is 0.778. The standard InChI is InChI=1S/C9H18N2O4/c1-2-11(9(14)15)7(8(12)13)5-3-4-6-10/h7H,2-6,10H2,1H3,(H,12,13)(H,14,15). The van der Waals surface area contributed by atoms with Crippen LogP contribution in [0.15, 0.2) is 0 Å². The van der Waals surface area contributed by atoms with Crippen LogP contribution >= 0.6 is 0 Å². The lowest BCUT2D eigenvalue weighted by atomic mass is 10.1. The van der Waals surface area contributed by atoms with Gasteiger partial charge in [-0.05, 0) is 32.7 Å². The van der Waals surface area contributed by atoms with E-state index < -0.39 is 18.1 Å². The predicted octanol–water partition coefficient (Wildman–Crippen LogP) is 0.569.